The average molecular weight is 494 g/mol. The summed E-state index contributed by atoms with van der Waals surface area (Å²) in [7, 11) is 1.96. The lowest BCUT2D eigenvalue weighted by Crippen LogP contribution is -2.38. The van der Waals surface area contributed by atoms with E-state index < -0.39 is 0 Å². The fourth-order valence-corrected chi connectivity index (χ4v) is 2.67. The summed E-state index contributed by atoms with van der Waals surface area (Å²) < 4.78 is 13.2. The number of aromatic nitrogens is 3. The van der Waals surface area contributed by atoms with E-state index in [2.05, 4.69) is 32.7 Å². The Hall–Kier alpha value is -0.940. The zero-order valence-electron chi connectivity index (χ0n) is 16.9. The van der Waals surface area contributed by atoms with E-state index in [9.17, 15) is 0 Å². The van der Waals surface area contributed by atoms with Crippen molar-refractivity contribution in [2.45, 2.75) is 58.6 Å². The monoisotopic (exact) mass is 494 g/mol. The van der Waals surface area contributed by atoms with Gasteiger partial charge in [-0.3, -0.25) is 0 Å². The molecule has 1 aromatic rings. The number of rotatable bonds is 11. The number of hydrogen-bond acceptors (Lipinski definition) is 5. The quantitative estimate of drug-likeness (QED) is 0.212. The molecular formula is C18H35IN6O2. The number of guanidine groups is 1. The van der Waals surface area contributed by atoms with Crippen molar-refractivity contribution >= 4 is 29.9 Å². The molecule has 9 heteroatoms. The van der Waals surface area contributed by atoms with E-state index in [1.165, 1.54) is 0 Å². The zero-order chi connectivity index (χ0) is 18.6. The van der Waals surface area contributed by atoms with Gasteiger partial charge >= 0.3 is 0 Å². The predicted octanol–water partition coefficient (Wildman–Crippen LogP) is 2.16. The minimum atomic E-state index is 0. The Labute approximate surface area is 179 Å². The minimum absolute atomic E-state index is 0. The highest BCUT2D eigenvalue weighted by atomic mass is 127. The highest BCUT2D eigenvalue weighted by Gasteiger charge is 2.14. The number of hydrogen-bond donors (Lipinski definition) is 2. The van der Waals surface area contributed by atoms with Crippen LogP contribution in [0.25, 0.3) is 0 Å². The molecule has 1 aliphatic heterocycles. The van der Waals surface area contributed by atoms with Crippen molar-refractivity contribution in [2.75, 3.05) is 32.9 Å². The SMILES string of the molecule is CCCCNC(=NCc1nnc(C)n1C)NCCCOCC1CCCO1.I. The van der Waals surface area contributed by atoms with E-state index >= 15 is 0 Å². The summed E-state index contributed by atoms with van der Waals surface area (Å²) in [5.74, 6) is 2.57. The van der Waals surface area contributed by atoms with Crippen molar-refractivity contribution in [1.82, 2.24) is 25.4 Å². The maximum absolute atomic E-state index is 5.70. The first kappa shape index (κ1) is 24.1. The van der Waals surface area contributed by atoms with Gasteiger partial charge in [-0.15, -0.1) is 34.2 Å². The first-order valence-corrected chi connectivity index (χ1v) is 9.77. The molecule has 1 unspecified atom stereocenters. The van der Waals surface area contributed by atoms with Gasteiger partial charge in [0.25, 0.3) is 0 Å². The van der Waals surface area contributed by atoms with Crippen molar-refractivity contribution in [3.05, 3.63) is 11.6 Å². The molecule has 1 saturated heterocycles. The third-order valence-corrected chi connectivity index (χ3v) is 4.47. The second-order valence-corrected chi connectivity index (χ2v) is 6.66. The first-order valence-electron chi connectivity index (χ1n) is 9.77. The van der Waals surface area contributed by atoms with Gasteiger partial charge in [-0.1, -0.05) is 13.3 Å². The van der Waals surface area contributed by atoms with Gasteiger partial charge in [-0.2, -0.15) is 0 Å². The van der Waals surface area contributed by atoms with E-state index in [4.69, 9.17) is 9.47 Å². The van der Waals surface area contributed by atoms with Gasteiger partial charge < -0.3 is 24.7 Å². The Morgan fingerprint density at radius 2 is 2.07 bits per heavy atom. The second kappa shape index (κ2) is 14.1. The van der Waals surface area contributed by atoms with Crippen LogP contribution in [0.15, 0.2) is 4.99 Å². The minimum Gasteiger partial charge on any atom is -0.379 e. The van der Waals surface area contributed by atoms with Crippen LogP contribution in [-0.2, 0) is 23.1 Å². The Morgan fingerprint density at radius 1 is 1.30 bits per heavy atom. The third kappa shape index (κ3) is 9.20. The smallest absolute Gasteiger partial charge is 0.191 e. The summed E-state index contributed by atoms with van der Waals surface area (Å²) in [5, 5.41) is 15.0. The molecule has 1 aliphatic rings. The molecule has 0 saturated carbocycles. The molecule has 156 valence electrons. The first-order chi connectivity index (χ1) is 12.7. The second-order valence-electron chi connectivity index (χ2n) is 6.66. The Balaban J connectivity index is 0.00000364. The molecule has 0 bridgehead atoms. The molecule has 2 heterocycles. The van der Waals surface area contributed by atoms with Gasteiger partial charge in [-0.25, -0.2) is 4.99 Å². The van der Waals surface area contributed by atoms with E-state index in [1.807, 2.05) is 18.5 Å². The standard InChI is InChI=1S/C18H34N6O2.HI/c1-4-5-9-19-18(21-13-17-23-22-15(2)24(17)3)20-10-7-11-25-14-16-8-6-12-26-16;/h16H,4-14H2,1-3H3,(H2,19,20,21);1H. The van der Waals surface area contributed by atoms with Crippen LogP contribution in [0.4, 0.5) is 0 Å². The van der Waals surface area contributed by atoms with Crippen LogP contribution in [0.1, 0.15) is 50.7 Å². The van der Waals surface area contributed by atoms with E-state index in [0.29, 0.717) is 19.3 Å². The molecule has 2 N–H and O–H groups in total. The molecule has 0 aromatic carbocycles. The van der Waals surface area contributed by atoms with Crippen LogP contribution in [-0.4, -0.2) is 59.7 Å². The van der Waals surface area contributed by atoms with Crippen LogP contribution in [0.2, 0.25) is 0 Å². The number of ether oxygens (including phenoxy) is 2. The lowest BCUT2D eigenvalue weighted by Gasteiger charge is -2.13. The lowest BCUT2D eigenvalue weighted by molar-refractivity contribution is 0.0168. The average Bonchev–Trinajstić information content (AvgIpc) is 3.27. The van der Waals surface area contributed by atoms with Gasteiger partial charge in [0, 0.05) is 33.4 Å². The van der Waals surface area contributed by atoms with Crippen LogP contribution in [0.5, 0.6) is 0 Å². The van der Waals surface area contributed by atoms with Crippen LogP contribution in [0.3, 0.4) is 0 Å². The summed E-state index contributed by atoms with van der Waals surface area (Å²) >= 11 is 0. The Morgan fingerprint density at radius 3 is 2.70 bits per heavy atom. The van der Waals surface area contributed by atoms with Crippen molar-refractivity contribution in [1.29, 1.82) is 0 Å². The van der Waals surface area contributed by atoms with Gasteiger partial charge in [0.2, 0.25) is 0 Å². The summed E-state index contributed by atoms with van der Waals surface area (Å²) in [5.41, 5.74) is 0. The highest BCUT2D eigenvalue weighted by molar-refractivity contribution is 14.0. The van der Waals surface area contributed by atoms with Crippen molar-refractivity contribution in [2.24, 2.45) is 12.0 Å². The molecule has 1 aromatic heterocycles. The lowest BCUT2D eigenvalue weighted by atomic mass is 10.2. The van der Waals surface area contributed by atoms with Crippen LogP contribution >= 0.6 is 24.0 Å². The van der Waals surface area contributed by atoms with Gasteiger partial charge in [0.15, 0.2) is 11.8 Å². The molecular weight excluding hydrogens is 459 g/mol. The fourth-order valence-electron chi connectivity index (χ4n) is 2.67. The summed E-state index contributed by atoms with van der Waals surface area (Å²) in [6, 6.07) is 0. The molecule has 0 radical (unpaired) electrons. The van der Waals surface area contributed by atoms with Crippen molar-refractivity contribution in [3.63, 3.8) is 0 Å². The van der Waals surface area contributed by atoms with Gasteiger partial charge in [0.05, 0.1) is 12.7 Å². The van der Waals surface area contributed by atoms with Crippen LogP contribution < -0.4 is 10.6 Å². The van der Waals surface area contributed by atoms with E-state index in [0.717, 1.165) is 76.0 Å². The molecule has 0 aliphatic carbocycles. The number of nitrogens with one attached hydrogen (secondary N) is 2. The Bertz CT molecular complexity index is 546. The molecule has 2 rings (SSSR count). The largest absolute Gasteiger partial charge is 0.379 e. The van der Waals surface area contributed by atoms with Gasteiger partial charge in [-0.05, 0) is 32.6 Å². The number of aliphatic imine (C=N–C) groups is 1. The maximum atomic E-state index is 5.70. The molecule has 1 atom stereocenters. The number of halogens is 1. The third-order valence-electron chi connectivity index (χ3n) is 4.47. The van der Waals surface area contributed by atoms with Gasteiger partial charge in [0.1, 0.15) is 12.4 Å². The number of nitrogens with zero attached hydrogens (tertiary/aromatic N) is 4. The molecule has 0 amide bonds. The summed E-state index contributed by atoms with van der Waals surface area (Å²) in [6.07, 6.45) is 5.78. The van der Waals surface area contributed by atoms with E-state index in [1.54, 1.807) is 0 Å². The summed E-state index contributed by atoms with van der Waals surface area (Å²) in [6.45, 7) is 8.68. The molecule has 1 fully saturated rings. The molecule has 0 spiro atoms. The molecule has 27 heavy (non-hydrogen) atoms. The fraction of sp³-hybridized carbons (Fsp3) is 0.833. The normalized spacial score (nSPS) is 17.0. The van der Waals surface area contributed by atoms with Crippen LogP contribution in [0, 0.1) is 6.92 Å². The zero-order valence-corrected chi connectivity index (χ0v) is 19.2. The Kier molecular flexibility index (Phi) is 12.6. The van der Waals surface area contributed by atoms with E-state index in [-0.39, 0.29) is 24.0 Å². The predicted molar refractivity (Wildman–Crippen MR) is 118 cm³/mol. The maximum Gasteiger partial charge on any atom is 0.191 e. The van der Waals surface area contributed by atoms with Crippen molar-refractivity contribution in [3.8, 4) is 0 Å². The topological polar surface area (TPSA) is 85.6 Å². The summed E-state index contributed by atoms with van der Waals surface area (Å²) in [4.78, 5) is 4.63. The number of unbranched alkanes of at least 4 members (excludes halogenated alkanes) is 1. The van der Waals surface area contributed by atoms with Crippen molar-refractivity contribution < 1.29 is 9.47 Å². The molecule has 8 nitrogen and oxygen atoms in total. The highest BCUT2D eigenvalue weighted by Crippen LogP contribution is 2.11. The number of aryl methyl sites for hydroxylation is 1.